The van der Waals surface area contributed by atoms with E-state index in [0.29, 0.717) is 19.0 Å². The minimum atomic E-state index is 0.586. The van der Waals surface area contributed by atoms with Gasteiger partial charge in [-0.2, -0.15) is 4.98 Å². The molecule has 0 unspecified atom stereocenters. The third-order valence-corrected chi connectivity index (χ3v) is 2.35. The van der Waals surface area contributed by atoms with Crippen molar-refractivity contribution < 1.29 is 9.47 Å². The molecule has 4 heteroatoms. The van der Waals surface area contributed by atoms with Gasteiger partial charge in [-0.25, -0.2) is 0 Å². The highest BCUT2D eigenvalue weighted by Crippen LogP contribution is 2.11. The molecule has 0 radical (unpaired) electrons. The van der Waals surface area contributed by atoms with Gasteiger partial charge in [0.2, 0.25) is 5.88 Å². The van der Waals surface area contributed by atoms with E-state index in [0.717, 1.165) is 11.6 Å². The summed E-state index contributed by atoms with van der Waals surface area (Å²) < 4.78 is 10.6. The summed E-state index contributed by atoms with van der Waals surface area (Å²) in [7, 11) is 1.60. The van der Waals surface area contributed by atoms with E-state index in [2.05, 4.69) is 10.3 Å². The minimum absolute atomic E-state index is 0.586. The lowest BCUT2D eigenvalue weighted by atomic mass is 10.3. The molecule has 1 aromatic carbocycles. The number of rotatable bonds is 6. The Hall–Kier alpha value is -2.23. The molecule has 0 saturated heterocycles. The number of benzene rings is 1. The lowest BCUT2D eigenvalue weighted by Crippen LogP contribution is -2.12. The van der Waals surface area contributed by atoms with Gasteiger partial charge in [0.25, 0.3) is 0 Å². The lowest BCUT2D eigenvalue weighted by Gasteiger charge is -2.08. The van der Waals surface area contributed by atoms with Crippen molar-refractivity contribution in [3.8, 4) is 11.6 Å². The summed E-state index contributed by atoms with van der Waals surface area (Å²) >= 11 is 0. The van der Waals surface area contributed by atoms with Gasteiger partial charge in [-0.05, 0) is 18.2 Å². The quantitative estimate of drug-likeness (QED) is 0.793. The van der Waals surface area contributed by atoms with Gasteiger partial charge < -0.3 is 14.8 Å². The number of nitrogens with one attached hydrogen (secondary N) is 1. The Morgan fingerprint density at radius 3 is 2.67 bits per heavy atom. The average molecular weight is 244 g/mol. The van der Waals surface area contributed by atoms with Crippen LogP contribution in [0.3, 0.4) is 0 Å². The highest BCUT2D eigenvalue weighted by atomic mass is 16.5. The molecular formula is C14H16N2O2. The van der Waals surface area contributed by atoms with E-state index in [4.69, 9.17) is 9.47 Å². The zero-order chi connectivity index (χ0) is 12.6. The van der Waals surface area contributed by atoms with Crippen LogP contribution in [0.15, 0.2) is 48.5 Å². The second-order valence-electron chi connectivity index (χ2n) is 3.65. The Labute approximate surface area is 107 Å². The second kappa shape index (κ2) is 6.49. The number of anilines is 1. The van der Waals surface area contributed by atoms with Crippen molar-refractivity contribution in [2.24, 2.45) is 0 Å². The molecule has 1 N–H and O–H groups in total. The third kappa shape index (κ3) is 3.66. The van der Waals surface area contributed by atoms with E-state index in [9.17, 15) is 0 Å². The molecule has 2 rings (SSSR count). The van der Waals surface area contributed by atoms with Crippen molar-refractivity contribution in [3.63, 3.8) is 0 Å². The first-order valence-electron chi connectivity index (χ1n) is 5.81. The molecule has 0 spiro atoms. The zero-order valence-electron chi connectivity index (χ0n) is 10.3. The lowest BCUT2D eigenvalue weighted by molar-refractivity contribution is 0.332. The predicted octanol–water partition coefficient (Wildman–Crippen LogP) is 2.58. The summed E-state index contributed by atoms with van der Waals surface area (Å²) in [6, 6.07) is 15.3. The van der Waals surface area contributed by atoms with Gasteiger partial charge in [-0.15, -0.1) is 0 Å². The molecule has 0 aliphatic rings. The molecule has 0 bridgehead atoms. The van der Waals surface area contributed by atoms with Crippen LogP contribution < -0.4 is 14.8 Å². The first kappa shape index (κ1) is 12.2. The van der Waals surface area contributed by atoms with Crippen molar-refractivity contribution in [1.29, 1.82) is 0 Å². The first-order chi connectivity index (χ1) is 8.88. The Morgan fingerprint density at radius 1 is 1.06 bits per heavy atom. The average Bonchev–Trinajstić information content (AvgIpc) is 2.45. The van der Waals surface area contributed by atoms with Crippen LogP contribution in [-0.4, -0.2) is 25.2 Å². The second-order valence-corrected chi connectivity index (χ2v) is 3.65. The maximum absolute atomic E-state index is 5.56. The molecule has 94 valence electrons. The molecule has 1 aromatic heterocycles. The van der Waals surface area contributed by atoms with Crippen LogP contribution in [-0.2, 0) is 0 Å². The van der Waals surface area contributed by atoms with Crippen molar-refractivity contribution in [1.82, 2.24) is 4.98 Å². The van der Waals surface area contributed by atoms with Crippen LogP contribution >= 0.6 is 0 Å². The number of ether oxygens (including phenoxy) is 2. The predicted molar refractivity (Wildman–Crippen MR) is 71.2 cm³/mol. The fraction of sp³-hybridized carbons (Fsp3) is 0.214. The Morgan fingerprint density at radius 2 is 1.89 bits per heavy atom. The van der Waals surface area contributed by atoms with E-state index in [1.807, 2.05) is 48.5 Å². The molecule has 1 heterocycles. The molecule has 0 fully saturated rings. The number of methoxy groups -OCH3 is 1. The number of nitrogens with zero attached hydrogens (tertiary/aromatic N) is 1. The molecule has 0 saturated carbocycles. The number of hydrogen-bond acceptors (Lipinski definition) is 4. The summed E-state index contributed by atoms with van der Waals surface area (Å²) in [5.41, 5.74) is 0. The number of pyridine rings is 1. The summed E-state index contributed by atoms with van der Waals surface area (Å²) in [6.45, 7) is 1.28. The van der Waals surface area contributed by atoms with Crippen molar-refractivity contribution in [2.75, 3.05) is 25.6 Å². The van der Waals surface area contributed by atoms with Gasteiger partial charge >= 0.3 is 0 Å². The van der Waals surface area contributed by atoms with E-state index >= 15 is 0 Å². The fourth-order valence-electron chi connectivity index (χ4n) is 1.49. The fourth-order valence-corrected chi connectivity index (χ4v) is 1.49. The van der Waals surface area contributed by atoms with Gasteiger partial charge in [-0.1, -0.05) is 24.3 Å². The van der Waals surface area contributed by atoms with Crippen molar-refractivity contribution in [2.45, 2.75) is 0 Å². The smallest absolute Gasteiger partial charge is 0.214 e. The van der Waals surface area contributed by atoms with E-state index in [-0.39, 0.29) is 0 Å². The topological polar surface area (TPSA) is 43.4 Å². The highest BCUT2D eigenvalue weighted by Gasteiger charge is 1.96. The standard InChI is InChI=1S/C14H16N2O2/c1-17-14-9-5-8-13(16-14)15-10-11-18-12-6-3-2-4-7-12/h2-9H,10-11H2,1H3,(H,15,16). The number of hydrogen-bond donors (Lipinski definition) is 1. The van der Waals surface area contributed by atoms with Gasteiger partial charge in [0.05, 0.1) is 13.7 Å². The summed E-state index contributed by atoms with van der Waals surface area (Å²) in [5, 5.41) is 3.17. The molecular weight excluding hydrogens is 228 g/mol. The largest absolute Gasteiger partial charge is 0.492 e. The van der Waals surface area contributed by atoms with Gasteiger partial charge in [0.1, 0.15) is 18.2 Å². The van der Waals surface area contributed by atoms with Gasteiger partial charge in [0.15, 0.2) is 0 Å². The number of aromatic nitrogens is 1. The first-order valence-corrected chi connectivity index (χ1v) is 5.81. The molecule has 4 nitrogen and oxygen atoms in total. The van der Waals surface area contributed by atoms with Crippen molar-refractivity contribution >= 4 is 5.82 Å². The van der Waals surface area contributed by atoms with E-state index in [1.54, 1.807) is 7.11 Å². The van der Waals surface area contributed by atoms with Gasteiger partial charge in [0, 0.05) is 6.07 Å². The van der Waals surface area contributed by atoms with Gasteiger partial charge in [-0.3, -0.25) is 0 Å². The van der Waals surface area contributed by atoms with Crippen LogP contribution in [0.4, 0.5) is 5.82 Å². The highest BCUT2D eigenvalue weighted by molar-refractivity contribution is 5.36. The van der Waals surface area contributed by atoms with E-state index in [1.165, 1.54) is 0 Å². The Balaban J connectivity index is 1.75. The third-order valence-electron chi connectivity index (χ3n) is 2.35. The molecule has 18 heavy (non-hydrogen) atoms. The summed E-state index contributed by atoms with van der Waals surface area (Å²) in [4.78, 5) is 4.25. The van der Waals surface area contributed by atoms with E-state index < -0.39 is 0 Å². The monoisotopic (exact) mass is 244 g/mol. The molecule has 2 aromatic rings. The summed E-state index contributed by atoms with van der Waals surface area (Å²) in [5.74, 6) is 2.26. The molecule has 0 amide bonds. The van der Waals surface area contributed by atoms with Crippen LogP contribution in [0.2, 0.25) is 0 Å². The minimum Gasteiger partial charge on any atom is -0.492 e. The maximum atomic E-state index is 5.56. The SMILES string of the molecule is COc1cccc(NCCOc2ccccc2)n1. The number of para-hydroxylation sites is 1. The Bertz CT molecular complexity index is 474. The maximum Gasteiger partial charge on any atom is 0.214 e. The summed E-state index contributed by atoms with van der Waals surface area (Å²) in [6.07, 6.45) is 0. The van der Waals surface area contributed by atoms with Crippen LogP contribution in [0, 0.1) is 0 Å². The Kier molecular flexibility index (Phi) is 4.41. The van der Waals surface area contributed by atoms with Crippen molar-refractivity contribution in [3.05, 3.63) is 48.5 Å². The molecule has 0 atom stereocenters. The molecule has 0 aliphatic carbocycles. The van der Waals surface area contributed by atoms with Crippen LogP contribution in [0.25, 0.3) is 0 Å². The van der Waals surface area contributed by atoms with Crippen LogP contribution in [0.5, 0.6) is 11.6 Å². The normalized spacial score (nSPS) is 9.83. The van der Waals surface area contributed by atoms with Crippen LogP contribution in [0.1, 0.15) is 0 Å². The zero-order valence-corrected chi connectivity index (χ0v) is 10.3. The molecule has 0 aliphatic heterocycles.